The van der Waals surface area contributed by atoms with Gasteiger partial charge in [0.2, 0.25) is 0 Å². The maximum absolute atomic E-state index is 12.7. The second-order valence-electron chi connectivity index (χ2n) is 24.8. The van der Waals surface area contributed by atoms with Crippen molar-refractivity contribution in [1.29, 1.82) is 0 Å². The van der Waals surface area contributed by atoms with Gasteiger partial charge in [-0.1, -0.05) is 202 Å². The molecule has 8 rings (SSSR count). The Morgan fingerprint density at radius 2 is 1.17 bits per heavy atom. The number of imidazole rings is 1. The van der Waals surface area contributed by atoms with E-state index in [1.807, 2.05) is 73.1 Å². The molecule has 396 valence electrons. The fourth-order valence-electron chi connectivity index (χ4n) is 10.6. The first-order chi connectivity index (χ1) is 36.3. The van der Waals surface area contributed by atoms with Crippen molar-refractivity contribution in [3.8, 4) is 67.5 Å². The normalized spacial score (nSPS) is 13.8. The predicted octanol–water partition coefficient (Wildman–Crippen LogP) is 19.7. The number of hydrogen-bond acceptors (Lipinski definition) is 3. The number of aromatic nitrogens is 3. The first-order valence-corrected chi connectivity index (χ1v) is 27.1. The summed E-state index contributed by atoms with van der Waals surface area (Å²) in [5.41, 5.74) is 14.8. The number of benzene rings is 6. The second-order valence-corrected chi connectivity index (χ2v) is 24.8. The Morgan fingerprint density at radius 1 is 0.600 bits per heavy atom. The van der Waals surface area contributed by atoms with Gasteiger partial charge in [-0.05, 0) is 146 Å². The van der Waals surface area contributed by atoms with Crippen LogP contribution in [0.5, 0.6) is 5.75 Å². The van der Waals surface area contributed by atoms with E-state index in [0.29, 0.717) is 28.1 Å². The molecule has 2 aromatic heterocycles. The number of nitrogens with zero attached hydrogens (tertiary/aromatic N) is 3. The van der Waals surface area contributed by atoms with Crippen LogP contribution >= 0.6 is 0 Å². The van der Waals surface area contributed by atoms with Crippen LogP contribution in [-0.4, -0.2) is 19.6 Å². The Hall–Kier alpha value is -5.57. The third-order valence-electron chi connectivity index (χ3n) is 16.6. The Balaban J connectivity index is 0.00000903. The van der Waals surface area contributed by atoms with Crippen LogP contribution in [0.15, 0.2) is 121 Å². The molecule has 0 fully saturated rings. The molecule has 0 radical (unpaired) electrons. The maximum Gasteiger partial charge on any atom is 0.148 e. The molecule has 0 saturated heterocycles. The number of pyridine rings is 1. The summed E-state index contributed by atoms with van der Waals surface area (Å²) in [6, 6.07) is 43.5. The molecule has 0 aliphatic carbocycles. The smallest absolute Gasteiger partial charge is 0.148 e. The molecule has 8 aromatic rings. The van der Waals surface area contributed by atoms with E-state index < -0.39 is 18.2 Å². The van der Waals surface area contributed by atoms with E-state index in [-0.39, 0.29) is 54.0 Å². The van der Waals surface area contributed by atoms with E-state index in [4.69, 9.17) is 11.3 Å². The van der Waals surface area contributed by atoms with Crippen LogP contribution in [0.1, 0.15) is 194 Å². The van der Waals surface area contributed by atoms with Crippen molar-refractivity contribution >= 4 is 11.0 Å². The van der Waals surface area contributed by atoms with Gasteiger partial charge in [0, 0.05) is 44.0 Å². The van der Waals surface area contributed by atoms with Gasteiger partial charge in [0.1, 0.15) is 11.6 Å². The van der Waals surface area contributed by atoms with Gasteiger partial charge in [0.25, 0.3) is 0 Å². The molecule has 0 atom stereocenters. The Labute approximate surface area is 471 Å². The zero-order chi connectivity index (χ0) is 57.3. The summed E-state index contributed by atoms with van der Waals surface area (Å²) in [6.45, 7) is 34.4. The summed E-state index contributed by atoms with van der Waals surface area (Å²) in [7, 11) is 0. The van der Waals surface area contributed by atoms with Gasteiger partial charge in [-0.15, -0.1) is 29.3 Å². The van der Waals surface area contributed by atoms with Crippen molar-refractivity contribution in [2.24, 2.45) is 0 Å². The van der Waals surface area contributed by atoms with E-state index in [2.05, 4.69) is 177 Å². The largest absolute Gasteiger partial charge is 0.507 e. The van der Waals surface area contributed by atoms with Gasteiger partial charge in [-0.25, -0.2) is 4.98 Å². The third-order valence-corrected chi connectivity index (χ3v) is 16.6. The molecule has 0 amide bonds. The van der Waals surface area contributed by atoms with Crippen LogP contribution in [0.2, 0.25) is 0 Å². The summed E-state index contributed by atoms with van der Waals surface area (Å²) in [4.78, 5) is 10.6. The first kappa shape index (κ1) is 51.5. The quantitative estimate of drug-likeness (QED) is 0.117. The summed E-state index contributed by atoms with van der Waals surface area (Å²) in [5.74, 6) is -0.146. The summed E-state index contributed by atoms with van der Waals surface area (Å²) < 4.78 is 38.8. The van der Waals surface area contributed by atoms with Crippen molar-refractivity contribution in [1.82, 2.24) is 14.5 Å². The Kier molecular flexibility index (Phi) is 14.7. The average Bonchev–Trinajstić information content (AvgIpc) is 3.78. The SMILES string of the molecule is [2H]C([2H])([2H])c1cc(-c2c(C(C)(CC)CC)cccc2C(C)(CC)CC)ccc1-n1c(-c2cc(C(C)(C)C)cc(C(C)(C)C)c2O)nc2c(-c3[c-]c(-c4cc(-c5ccc(C([2H])(C)C)cc5)ccn4)cc(C(C)(C)C)c3)cccc21.[Pt]. The summed E-state index contributed by atoms with van der Waals surface area (Å²) >= 11 is 0. The van der Waals surface area contributed by atoms with Gasteiger partial charge in [0.05, 0.1) is 22.3 Å². The fourth-order valence-corrected chi connectivity index (χ4v) is 10.6. The number of para-hydroxylation sites is 1. The van der Waals surface area contributed by atoms with Crippen molar-refractivity contribution in [3.63, 3.8) is 0 Å². The number of phenols is 1. The zero-order valence-electron chi connectivity index (χ0n) is 52.0. The molecule has 0 unspecified atom stereocenters. The molecule has 2 heterocycles. The molecule has 4 nitrogen and oxygen atoms in total. The molecule has 5 heteroatoms. The second kappa shape index (κ2) is 21.5. The predicted molar refractivity (Wildman–Crippen MR) is 317 cm³/mol. The van der Waals surface area contributed by atoms with E-state index in [1.54, 1.807) is 0 Å². The monoisotopic (exact) mass is 1180 g/mol. The number of phenolic OH excluding ortho intramolecular Hbond substituents is 1. The van der Waals surface area contributed by atoms with E-state index in [1.165, 1.54) is 11.1 Å². The number of hydrogen-bond donors (Lipinski definition) is 1. The molecular formula is C70H84N3OPt-. The fraction of sp³-hybridized carbons (Fsp3) is 0.400. The number of aryl methyl sites for hydroxylation is 1. The zero-order valence-corrected chi connectivity index (χ0v) is 50.3. The van der Waals surface area contributed by atoms with Crippen molar-refractivity contribution < 1.29 is 31.7 Å². The summed E-state index contributed by atoms with van der Waals surface area (Å²) in [5, 5.41) is 12.7. The molecule has 0 spiro atoms. The van der Waals surface area contributed by atoms with Crippen LogP contribution in [0.4, 0.5) is 0 Å². The number of rotatable bonds is 13. The molecule has 0 bridgehead atoms. The molecule has 0 aliphatic rings. The summed E-state index contributed by atoms with van der Waals surface area (Å²) in [6.07, 6.45) is 5.57. The van der Waals surface area contributed by atoms with Crippen molar-refractivity contribution in [3.05, 3.63) is 166 Å². The third kappa shape index (κ3) is 11.0. The van der Waals surface area contributed by atoms with Crippen LogP contribution in [0.25, 0.3) is 72.7 Å². The van der Waals surface area contributed by atoms with Gasteiger partial charge < -0.3 is 5.11 Å². The van der Waals surface area contributed by atoms with E-state index in [0.717, 1.165) is 92.6 Å². The molecular weight excluding hydrogens is 1090 g/mol. The van der Waals surface area contributed by atoms with Crippen LogP contribution in [0, 0.1) is 12.9 Å². The number of fused-ring (bicyclic) bond motifs is 1. The van der Waals surface area contributed by atoms with E-state index >= 15 is 0 Å². The molecule has 0 saturated carbocycles. The minimum absolute atomic E-state index is 0. The van der Waals surface area contributed by atoms with Crippen LogP contribution in [0.3, 0.4) is 0 Å². The molecule has 1 N–H and O–H groups in total. The topological polar surface area (TPSA) is 50.9 Å². The Bertz CT molecular complexity index is 3480. The minimum Gasteiger partial charge on any atom is -0.507 e. The molecule has 6 aromatic carbocycles. The Morgan fingerprint density at radius 3 is 1.73 bits per heavy atom. The standard InChI is InChI=1S/C70H84N3O.Pt/c1-19-69(17,20-2)56-26-24-27-57(70(18,21-3)22-4)62(56)49-33-34-60(45(7)37-49)73-61-28-23-25-54(63(61)72-65(73)55-42-53(67(11,12)13)43-58(64(55)74)68(14,15)16)50-38-51(40-52(39-50)66(8,9)10)59-41-48(35-36-71-59)47-31-29-46(30-32-47)44(5)6;/h23-37,39-44,74H,19-22H2,1-18H3;/q-1;/i7D3,44D;. The van der Waals surface area contributed by atoms with Crippen LogP contribution in [-0.2, 0) is 48.1 Å². The van der Waals surface area contributed by atoms with Gasteiger partial charge in [-0.2, -0.15) is 0 Å². The van der Waals surface area contributed by atoms with Crippen molar-refractivity contribution in [2.45, 2.75) is 183 Å². The van der Waals surface area contributed by atoms with E-state index in [9.17, 15) is 9.22 Å². The van der Waals surface area contributed by atoms with Gasteiger partial charge >= 0.3 is 0 Å². The average molecular weight is 1180 g/mol. The minimum atomic E-state index is -2.55. The maximum atomic E-state index is 12.7. The van der Waals surface area contributed by atoms with Gasteiger partial charge in [-0.3, -0.25) is 9.55 Å². The first-order valence-electron chi connectivity index (χ1n) is 29.1. The molecule has 75 heavy (non-hydrogen) atoms. The number of aromatic hydroxyl groups is 1. The molecule has 0 aliphatic heterocycles. The van der Waals surface area contributed by atoms with Gasteiger partial charge in [0.15, 0.2) is 0 Å². The van der Waals surface area contributed by atoms with Crippen LogP contribution < -0.4 is 0 Å². The van der Waals surface area contributed by atoms with Crippen molar-refractivity contribution in [2.75, 3.05) is 0 Å².